The van der Waals surface area contributed by atoms with Crippen molar-refractivity contribution in [2.24, 2.45) is 0 Å². The number of nitro benzene ring substituents is 2. The Morgan fingerprint density at radius 2 is 1.52 bits per heavy atom. The Labute approximate surface area is 257 Å². The highest BCUT2D eigenvalue weighted by atomic mass is 32.2. The number of hydrogen-bond donors (Lipinski definition) is 0. The number of rotatable bonds is 18. The summed E-state index contributed by atoms with van der Waals surface area (Å²) in [5, 5.41) is 23.3. The molecule has 0 aliphatic carbocycles. The van der Waals surface area contributed by atoms with Crippen LogP contribution in [0.4, 0.5) is 11.4 Å². The summed E-state index contributed by atoms with van der Waals surface area (Å²) < 4.78 is 68.7. The number of benzene rings is 2. The first-order chi connectivity index (χ1) is 20.9. The van der Waals surface area contributed by atoms with Gasteiger partial charge in [-0.2, -0.15) is 8.61 Å². The normalized spacial score (nSPS) is 16.4. The first-order valence-corrected chi connectivity index (χ1v) is 16.8. The van der Waals surface area contributed by atoms with Crippen molar-refractivity contribution in [3.05, 3.63) is 93.6 Å². The molecule has 0 unspecified atom stereocenters. The SMILES string of the molecule is C=C[C@@H](C[C@H]1C=CCN1S(=O)(=O)c1ccccc1[N+](=O)[O-])N(CCCC(OCC)OCC)S(=O)(=O)c1ccccc1[N+](=O)[O-]. The van der Waals surface area contributed by atoms with Crippen LogP contribution in [0.15, 0.2) is 83.1 Å². The summed E-state index contributed by atoms with van der Waals surface area (Å²) in [6.07, 6.45) is 4.36. The third kappa shape index (κ3) is 7.94. The maximum atomic E-state index is 14.1. The van der Waals surface area contributed by atoms with E-state index in [9.17, 15) is 37.1 Å². The molecule has 2 atom stereocenters. The van der Waals surface area contributed by atoms with E-state index >= 15 is 0 Å². The Bertz CT molecular complexity index is 1570. The average molecular weight is 653 g/mol. The zero-order valence-electron chi connectivity index (χ0n) is 24.4. The van der Waals surface area contributed by atoms with Crippen LogP contribution in [0.3, 0.4) is 0 Å². The van der Waals surface area contributed by atoms with E-state index in [0.29, 0.717) is 19.6 Å². The van der Waals surface area contributed by atoms with E-state index in [1.165, 1.54) is 30.3 Å². The second-order valence-electron chi connectivity index (χ2n) is 9.66. The Balaban J connectivity index is 1.99. The molecule has 44 heavy (non-hydrogen) atoms. The zero-order chi connectivity index (χ0) is 32.5. The molecule has 0 aromatic heterocycles. The smallest absolute Gasteiger partial charge is 0.289 e. The number of ether oxygens (including phenoxy) is 2. The lowest BCUT2D eigenvalue weighted by atomic mass is 10.1. The van der Waals surface area contributed by atoms with Crippen molar-refractivity contribution in [1.29, 1.82) is 0 Å². The highest BCUT2D eigenvalue weighted by Crippen LogP contribution is 2.33. The number of nitrogens with zero attached hydrogens (tertiary/aromatic N) is 4. The van der Waals surface area contributed by atoms with Crippen molar-refractivity contribution in [2.45, 2.75) is 61.3 Å². The van der Waals surface area contributed by atoms with Crippen LogP contribution in [0, 0.1) is 20.2 Å². The summed E-state index contributed by atoms with van der Waals surface area (Å²) in [7, 11) is -8.90. The van der Waals surface area contributed by atoms with Crippen LogP contribution in [0.5, 0.6) is 0 Å². The fourth-order valence-corrected chi connectivity index (χ4v) is 8.49. The first-order valence-electron chi connectivity index (χ1n) is 13.9. The lowest BCUT2D eigenvalue weighted by Crippen LogP contribution is -2.45. The van der Waals surface area contributed by atoms with Gasteiger partial charge in [-0.1, -0.05) is 42.5 Å². The zero-order valence-corrected chi connectivity index (χ0v) is 26.1. The van der Waals surface area contributed by atoms with Gasteiger partial charge in [0.05, 0.1) is 9.85 Å². The molecule has 0 N–H and O–H groups in total. The predicted octanol–water partition coefficient (Wildman–Crippen LogP) is 4.25. The Kier molecular flexibility index (Phi) is 12.3. The molecule has 0 spiro atoms. The van der Waals surface area contributed by atoms with Crippen LogP contribution in [-0.4, -0.2) is 80.0 Å². The van der Waals surface area contributed by atoms with Gasteiger partial charge in [-0.3, -0.25) is 20.2 Å². The lowest BCUT2D eigenvalue weighted by Gasteiger charge is -2.33. The Morgan fingerprint density at radius 3 is 2.07 bits per heavy atom. The average Bonchev–Trinajstić information content (AvgIpc) is 3.47. The standard InChI is InChI=1S/C28H36N4O10S2/c1-4-22(21-23-13-11-19-30(23)44(39,40)27-17-10-8-15-25(27)32(35)36)29(20-12-18-28(41-5-2)42-6-3)43(37,38)26-16-9-7-14-24(26)31(33)34/h4,7-11,13-17,22-23,28H,1,5-6,12,18-21H2,2-3H3/t22-,23+/m0/s1. The summed E-state index contributed by atoms with van der Waals surface area (Å²) in [6, 6.07) is 8.03. The van der Waals surface area contributed by atoms with Crippen molar-refractivity contribution < 1.29 is 36.2 Å². The van der Waals surface area contributed by atoms with Crippen molar-refractivity contribution in [2.75, 3.05) is 26.3 Å². The molecule has 0 radical (unpaired) electrons. The highest BCUT2D eigenvalue weighted by molar-refractivity contribution is 7.89. The summed E-state index contributed by atoms with van der Waals surface area (Å²) in [5.74, 6) is 0. The first kappa shape index (κ1) is 34.9. The lowest BCUT2D eigenvalue weighted by molar-refractivity contribution is -0.388. The largest absolute Gasteiger partial charge is 0.353 e. The van der Waals surface area contributed by atoms with Gasteiger partial charge in [0.15, 0.2) is 16.1 Å². The fraction of sp³-hybridized carbons (Fsp3) is 0.429. The molecule has 240 valence electrons. The van der Waals surface area contributed by atoms with Crippen molar-refractivity contribution in [1.82, 2.24) is 8.61 Å². The van der Waals surface area contributed by atoms with E-state index in [2.05, 4.69) is 6.58 Å². The van der Waals surface area contributed by atoms with Gasteiger partial charge in [0.2, 0.25) is 10.0 Å². The molecule has 16 heteroatoms. The molecule has 1 heterocycles. The van der Waals surface area contributed by atoms with Crippen LogP contribution < -0.4 is 0 Å². The second-order valence-corrected chi connectivity index (χ2v) is 13.4. The minimum atomic E-state index is -4.52. The highest BCUT2D eigenvalue weighted by Gasteiger charge is 2.40. The van der Waals surface area contributed by atoms with Gasteiger partial charge < -0.3 is 9.47 Å². The predicted molar refractivity (Wildman–Crippen MR) is 162 cm³/mol. The monoisotopic (exact) mass is 652 g/mol. The molecule has 3 rings (SSSR count). The molecule has 0 saturated carbocycles. The molecule has 1 aliphatic rings. The van der Waals surface area contributed by atoms with E-state index in [-0.39, 0.29) is 25.9 Å². The van der Waals surface area contributed by atoms with Gasteiger partial charge in [-0.15, -0.1) is 6.58 Å². The number of nitro groups is 2. The van der Waals surface area contributed by atoms with Crippen LogP contribution in [0.25, 0.3) is 0 Å². The molecule has 0 saturated heterocycles. The minimum absolute atomic E-state index is 0.0930. The van der Waals surface area contributed by atoms with Crippen LogP contribution >= 0.6 is 0 Å². The van der Waals surface area contributed by atoms with Crippen LogP contribution in [-0.2, 0) is 29.5 Å². The van der Waals surface area contributed by atoms with Gasteiger partial charge in [0.25, 0.3) is 21.4 Å². The summed E-state index contributed by atoms with van der Waals surface area (Å²) >= 11 is 0. The topological polar surface area (TPSA) is 179 Å². The van der Waals surface area contributed by atoms with E-state index in [0.717, 1.165) is 32.9 Å². The number of hydrogen-bond acceptors (Lipinski definition) is 10. The molecule has 0 fully saturated rings. The Hall–Kier alpha value is -3.54. The molecular weight excluding hydrogens is 616 g/mol. The van der Waals surface area contributed by atoms with Gasteiger partial charge in [-0.25, -0.2) is 16.8 Å². The van der Waals surface area contributed by atoms with E-state index < -0.39 is 69.4 Å². The van der Waals surface area contributed by atoms with Crippen LogP contribution in [0.1, 0.15) is 33.1 Å². The molecule has 0 amide bonds. The molecular formula is C28H36N4O10S2. The molecule has 14 nitrogen and oxygen atoms in total. The van der Waals surface area contributed by atoms with Crippen LogP contribution in [0.2, 0.25) is 0 Å². The number of para-hydroxylation sites is 2. The van der Waals surface area contributed by atoms with Crippen molar-refractivity contribution in [3.8, 4) is 0 Å². The molecule has 1 aliphatic heterocycles. The third-order valence-corrected chi connectivity index (χ3v) is 10.9. The minimum Gasteiger partial charge on any atom is -0.353 e. The third-order valence-electron chi connectivity index (χ3n) is 6.96. The molecule has 0 bridgehead atoms. The van der Waals surface area contributed by atoms with E-state index in [4.69, 9.17) is 9.47 Å². The Morgan fingerprint density at radius 1 is 0.977 bits per heavy atom. The fourth-order valence-electron chi connectivity index (χ4n) is 4.97. The van der Waals surface area contributed by atoms with Gasteiger partial charge >= 0.3 is 0 Å². The summed E-state index contributed by atoms with van der Waals surface area (Å²) in [6.45, 7) is 7.93. The van der Waals surface area contributed by atoms with Crippen molar-refractivity contribution in [3.63, 3.8) is 0 Å². The molecule has 2 aromatic carbocycles. The van der Waals surface area contributed by atoms with Gasteiger partial charge in [0.1, 0.15) is 0 Å². The maximum Gasteiger partial charge on any atom is 0.289 e. The van der Waals surface area contributed by atoms with E-state index in [1.54, 1.807) is 26.0 Å². The molecule has 2 aromatic rings. The van der Waals surface area contributed by atoms with Gasteiger partial charge in [-0.05, 0) is 45.2 Å². The quantitative estimate of drug-likeness (QED) is 0.0978. The van der Waals surface area contributed by atoms with E-state index in [1.807, 2.05) is 0 Å². The number of sulfonamides is 2. The summed E-state index contributed by atoms with van der Waals surface area (Å²) in [5.41, 5.74) is -1.19. The van der Waals surface area contributed by atoms with Gasteiger partial charge in [0, 0.05) is 50.5 Å². The second kappa shape index (κ2) is 15.5. The van der Waals surface area contributed by atoms with Crippen molar-refractivity contribution >= 4 is 31.4 Å². The maximum absolute atomic E-state index is 14.1. The summed E-state index contributed by atoms with van der Waals surface area (Å²) in [4.78, 5) is 20.8.